The van der Waals surface area contributed by atoms with Gasteiger partial charge in [0.2, 0.25) is 5.91 Å². The molecule has 0 spiro atoms. The Morgan fingerprint density at radius 1 is 1.16 bits per heavy atom. The van der Waals surface area contributed by atoms with Crippen LogP contribution in [0.15, 0.2) is 59.1 Å². The number of cyclic esters (lactones) is 1. The SMILES string of the molecule is O=C(CC1C(=O)OCCN1Cc1ccccc1)Nc1ccc(Br)cc1. The largest absolute Gasteiger partial charge is 0.463 e. The minimum absolute atomic E-state index is 0.0712. The normalized spacial score (nSPS) is 17.8. The van der Waals surface area contributed by atoms with E-state index in [4.69, 9.17) is 4.74 Å². The monoisotopic (exact) mass is 402 g/mol. The van der Waals surface area contributed by atoms with E-state index >= 15 is 0 Å². The lowest BCUT2D eigenvalue weighted by atomic mass is 10.1. The Morgan fingerprint density at radius 2 is 1.88 bits per heavy atom. The van der Waals surface area contributed by atoms with Crippen LogP contribution in [0.2, 0.25) is 0 Å². The van der Waals surface area contributed by atoms with E-state index in [-0.39, 0.29) is 18.3 Å². The number of morpholine rings is 1. The Labute approximate surface area is 155 Å². The van der Waals surface area contributed by atoms with Crippen LogP contribution in [0.1, 0.15) is 12.0 Å². The fourth-order valence-corrected chi connectivity index (χ4v) is 3.07. The highest BCUT2D eigenvalue weighted by molar-refractivity contribution is 9.10. The van der Waals surface area contributed by atoms with Crippen LogP contribution in [-0.2, 0) is 20.9 Å². The molecule has 2 aromatic rings. The highest BCUT2D eigenvalue weighted by Crippen LogP contribution is 2.18. The van der Waals surface area contributed by atoms with E-state index < -0.39 is 6.04 Å². The Hall–Kier alpha value is -2.18. The number of amides is 1. The standard InChI is InChI=1S/C19H19BrN2O3/c20-15-6-8-16(9-7-15)21-18(23)12-17-19(24)25-11-10-22(17)13-14-4-2-1-3-5-14/h1-9,17H,10-13H2,(H,21,23). The van der Waals surface area contributed by atoms with Gasteiger partial charge >= 0.3 is 5.97 Å². The fourth-order valence-electron chi connectivity index (χ4n) is 2.81. The van der Waals surface area contributed by atoms with E-state index in [1.54, 1.807) is 0 Å². The molecule has 1 saturated heterocycles. The van der Waals surface area contributed by atoms with Crippen molar-refractivity contribution in [3.05, 3.63) is 64.6 Å². The van der Waals surface area contributed by atoms with Gasteiger partial charge in [-0.2, -0.15) is 0 Å². The van der Waals surface area contributed by atoms with Gasteiger partial charge in [0.05, 0.1) is 6.42 Å². The zero-order valence-corrected chi connectivity index (χ0v) is 15.2. The van der Waals surface area contributed by atoms with Crippen molar-refractivity contribution in [3.8, 4) is 0 Å². The zero-order chi connectivity index (χ0) is 17.6. The maximum absolute atomic E-state index is 12.4. The molecule has 1 aliphatic heterocycles. The molecule has 0 radical (unpaired) electrons. The van der Waals surface area contributed by atoms with Gasteiger partial charge in [-0.1, -0.05) is 46.3 Å². The number of rotatable bonds is 5. The van der Waals surface area contributed by atoms with Crippen LogP contribution >= 0.6 is 15.9 Å². The Balaban J connectivity index is 1.65. The first-order valence-electron chi connectivity index (χ1n) is 8.12. The molecule has 1 unspecified atom stereocenters. The number of benzene rings is 2. The quantitative estimate of drug-likeness (QED) is 0.780. The molecule has 130 valence electrons. The molecule has 1 atom stereocenters. The van der Waals surface area contributed by atoms with E-state index in [0.29, 0.717) is 25.4 Å². The molecule has 0 aromatic heterocycles. The number of hydrogen-bond acceptors (Lipinski definition) is 4. The summed E-state index contributed by atoms with van der Waals surface area (Å²) in [6.07, 6.45) is 0.0712. The van der Waals surface area contributed by atoms with Crippen molar-refractivity contribution in [3.63, 3.8) is 0 Å². The first-order valence-corrected chi connectivity index (χ1v) is 8.91. The summed E-state index contributed by atoms with van der Waals surface area (Å²) in [4.78, 5) is 26.5. The average molecular weight is 403 g/mol. The smallest absolute Gasteiger partial charge is 0.323 e. The molecule has 1 aliphatic rings. The number of halogens is 1. The fraction of sp³-hybridized carbons (Fsp3) is 0.263. The van der Waals surface area contributed by atoms with E-state index in [0.717, 1.165) is 10.0 Å². The number of nitrogens with one attached hydrogen (secondary N) is 1. The summed E-state index contributed by atoms with van der Waals surface area (Å²) in [7, 11) is 0. The summed E-state index contributed by atoms with van der Waals surface area (Å²) in [5, 5.41) is 2.83. The minimum atomic E-state index is -0.565. The number of carbonyl (C=O) groups excluding carboxylic acids is 2. The molecule has 3 rings (SSSR count). The number of ether oxygens (including phenoxy) is 1. The van der Waals surface area contributed by atoms with Crippen molar-refractivity contribution in [1.29, 1.82) is 0 Å². The van der Waals surface area contributed by atoms with E-state index in [9.17, 15) is 9.59 Å². The van der Waals surface area contributed by atoms with E-state index in [2.05, 4.69) is 21.2 Å². The first kappa shape index (κ1) is 17.6. The molecule has 25 heavy (non-hydrogen) atoms. The van der Waals surface area contributed by atoms with Crippen molar-refractivity contribution in [2.24, 2.45) is 0 Å². The lowest BCUT2D eigenvalue weighted by molar-refractivity contribution is -0.159. The van der Waals surface area contributed by atoms with Gasteiger partial charge in [0.25, 0.3) is 0 Å². The molecule has 1 heterocycles. The molecule has 1 N–H and O–H groups in total. The molecule has 5 nitrogen and oxygen atoms in total. The minimum Gasteiger partial charge on any atom is -0.463 e. The first-order chi connectivity index (χ1) is 12.1. The molecular formula is C19H19BrN2O3. The predicted molar refractivity (Wildman–Crippen MR) is 99.0 cm³/mol. The average Bonchev–Trinajstić information content (AvgIpc) is 2.61. The lowest BCUT2D eigenvalue weighted by Gasteiger charge is -2.33. The van der Waals surface area contributed by atoms with Gasteiger partial charge in [0, 0.05) is 23.2 Å². The summed E-state index contributed by atoms with van der Waals surface area (Å²) in [6.45, 7) is 1.60. The summed E-state index contributed by atoms with van der Waals surface area (Å²) in [5.41, 5.74) is 1.81. The van der Waals surface area contributed by atoms with Gasteiger partial charge < -0.3 is 10.1 Å². The van der Waals surface area contributed by atoms with Crippen LogP contribution < -0.4 is 5.32 Å². The molecule has 0 bridgehead atoms. The van der Waals surface area contributed by atoms with Crippen LogP contribution in [0, 0.1) is 0 Å². The Morgan fingerprint density at radius 3 is 2.60 bits per heavy atom. The van der Waals surface area contributed by atoms with Crippen LogP contribution in [0.4, 0.5) is 5.69 Å². The molecule has 0 saturated carbocycles. The van der Waals surface area contributed by atoms with Gasteiger partial charge in [-0.05, 0) is 29.8 Å². The van der Waals surface area contributed by atoms with Gasteiger partial charge in [0.1, 0.15) is 12.6 Å². The summed E-state index contributed by atoms with van der Waals surface area (Å²) < 4.78 is 6.10. The van der Waals surface area contributed by atoms with Gasteiger partial charge in [-0.25, -0.2) is 0 Å². The number of nitrogens with zero attached hydrogens (tertiary/aromatic N) is 1. The number of esters is 1. The third kappa shape index (κ3) is 4.90. The van der Waals surface area contributed by atoms with Crippen LogP contribution in [-0.4, -0.2) is 36.0 Å². The second-order valence-electron chi connectivity index (χ2n) is 5.90. The van der Waals surface area contributed by atoms with Crippen LogP contribution in [0.5, 0.6) is 0 Å². The van der Waals surface area contributed by atoms with Gasteiger partial charge in [-0.3, -0.25) is 14.5 Å². The van der Waals surface area contributed by atoms with Crippen LogP contribution in [0.25, 0.3) is 0 Å². The molecule has 0 aliphatic carbocycles. The molecule has 1 fully saturated rings. The van der Waals surface area contributed by atoms with Crippen molar-refractivity contribution in [2.75, 3.05) is 18.5 Å². The lowest BCUT2D eigenvalue weighted by Crippen LogP contribution is -2.49. The molecular weight excluding hydrogens is 384 g/mol. The molecule has 6 heteroatoms. The third-order valence-electron chi connectivity index (χ3n) is 4.07. The predicted octanol–water partition coefficient (Wildman–Crippen LogP) is 3.21. The maximum Gasteiger partial charge on any atom is 0.323 e. The maximum atomic E-state index is 12.4. The van der Waals surface area contributed by atoms with Crippen molar-refractivity contribution >= 4 is 33.5 Å². The topological polar surface area (TPSA) is 58.6 Å². The molecule has 2 aromatic carbocycles. The highest BCUT2D eigenvalue weighted by Gasteiger charge is 2.33. The Bertz CT molecular complexity index is 734. The van der Waals surface area contributed by atoms with Gasteiger partial charge in [0.15, 0.2) is 0 Å². The van der Waals surface area contributed by atoms with E-state index in [1.165, 1.54) is 0 Å². The Kier molecular flexibility index (Phi) is 5.83. The van der Waals surface area contributed by atoms with Crippen molar-refractivity contribution in [1.82, 2.24) is 4.90 Å². The van der Waals surface area contributed by atoms with Crippen molar-refractivity contribution in [2.45, 2.75) is 19.0 Å². The summed E-state index contributed by atoms with van der Waals surface area (Å²) in [5.74, 6) is -0.544. The molecule has 1 amide bonds. The summed E-state index contributed by atoms with van der Waals surface area (Å²) in [6, 6.07) is 16.7. The second kappa shape index (κ2) is 8.27. The van der Waals surface area contributed by atoms with Gasteiger partial charge in [-0.15, -0.1) is 0 Å². The summed E-state index contributed by atoms with van der Waals surface area (Å²) >= 11 is 3.36. The second-order valence-corrected chi connectivity index (χ2v) is 6.81. The highest BCUT2D eigenvalue weighted by atomic mass is 79.9. The van der Waals surface area contributed by atoms with E-state index in [1.807, 2.05) is 59.5 Å². The number of carbonyl (C=O) groups is 2. The van der Waals surface area contributed by atoms with Crippen LogP contribution in [0.3, 0.4) is 0 Å². The number of anilines is 1. The van der Waals surface area contributed by atoms with Crippen molar-refractivity contribution < 1.29 is 14.3 Å². The zero-order valence-electron chi connectivity index (χ0n) is 13.7. The number of hydrogen-bond donors (Lipinski definition) is 1. The third-order valence-corrected chi connectivity index (χ3v) is 4.60.